The van der Waals surface area contributed by atoms with Crippen molar-refractivity contribution in [2.45, 2.75) is 38.3 Å². The number of ether oxygens (including phenoxy) is 2. The average Bonchev–Trinajstić information content (AvgIpc) is 2.79. The summed E-state index contributed by atoms with van der Waals surface area (Å²) in [6.45, 7) is 4.23. The minimum Gasteiger partial charge on any atom is -0.467 e. The van der Waals surface area contributed by atoms with E-state index in [2.05, 4.69) is 5.32 Å². The topological polar surface area (TPSA) is 88.2 Å². The molecule has 2 heterocycles. The van der Waals surface area contributed by atoms with Crippen molar-refractivity contribution in [3.63, 3.8) is 0 Å². The molecular formula is C23H29N3O5. The summed E-state index contributed by atoms with van der Waals surface area (Å²) in [7, 11) is 0. The summed E-state index contributed by atoms with van der Waals surface area (Å²) in [5, 5.41) is 3.14. The van der Waals surface area contributed by atoms with Crippen molar-refractivity contribution in [1.82, 2.24) is 15.1 Å². The SMILES string of the molecule is CCOC(=O)N1CCN(C(=O)[C@H]2C[C@H]3CC[C@H]2C[C@@]32NC(=O)c3ccccc3O2)CC1. The highest BCUT2D eigenvalue weighted by atomic mass is 16.6. The van der Waals surface area contributed by atoms with Crippen molar-refractivity contribution >= 4 is 17.9 Å². The van der Waals surface area contributed by atoms with Crippen molar-refractivity contribution in [3.05, 3.63) is 29.8 Å². The lowest BCUT2D eigenvalue weighted by molar-refractivity contribution is -0.156. The second-order valence-electron chi connectivity index (χ2n) is 9.03. The van der Waals surface area contributed by atoms with Crippen molar-refractivity contribution in [2.75, 3.05) is 32.8 Å². The molecule has 1 N–H and O–H groups in total. The number of carbonyl (C=O) groups is 3. The number of hydrogen-bond acceptors (Lipinski definition) is 5. The molecule has 1 saturated heterocycles. The summed E-state index contributed by atoms with van der Waals surface area (Å²) in [5.74, 6) is 0.978. The minimum absolute atomic E-state index is 0.0452. The molecule has 0 unspecified atom stereocenters. The molecule has 8 nitrogen and oxygen atoms in total. The highest BCUT2D eigenvalue weighted by Gasteiger charge is 2.57. The van der Waals surface area contributed by atoms with Crippen LogP contribution in [0.4, 0.5) is 4.79 Å². The predicted molar refractivity (Wildman–Crippen MR) is 111 cm³/mol. The van der Waals surface area contributed by atoms with Gasteiger partial charge in [0.25, 0.3) is 5.91 Å². The van der Waals surface area contributed by atoms with Gasteiger partial charge in [0.1, 0.15) is 5.75 Å². The zero-order valence-electron chi connectivity index (χ0n) is 17.8. The lowest BCUT2D eigenvalue weighted by Gasteiger charge is -2.55. The first-order valence-electron chi connectivity index (χ1n) is 11.3. The lowest BCUT2D eigenvalue weighted by Crippen LogP contribution is -2.67. The van der Waals surface area contributed by atoms with Gasteiger partial charge >= 0.3 is 6.09 Å². The van der Waals surface area contributed by atoms with Gasteiger partial charge < -0.3 is 24.6 Å². The summed E-state index contributed by atoms with van der Waals surface area (Å²) in [6.07, 6.45) is 3.01. The molecule has 166 valence electrons. The van der Waals surface area contributed by atoms with Gasteiger partial charge in [-0.3, -0.25) is 9.59 Å². The Morgan fingerprint density at radius 3 is 2.61 bits per heavy atom. The maximum Gasteiger partial charge on any atom is 0.409 e. The number of nitrogens with zero attached hydrogens (tertiary/aromatic N) is 2. The van der Waals surface area contributed by atoms with Crippen molar-refractivity contribution in [3.8, 4) is 5.75 Å². The van der Waals surface area contributed by atoms with Crippen LogP contribution in [-0.4, -0.2) is 66.2 Å². The number of carbonyl (C=O) groups excluding carboxylic acids is 3. The summed E-state index contributed by atoms with van der Waals surface area (Å²) in [5.41, 5.74) is -0.130. The zero-order chi connectivity index (χ0) is 21.6. The van der Waals surface area contributed by atoms with Gasteiger partial charge in [-0.25, -0.2) is 4.79 Å². The Balaban J connectivity index is 1.25. The van der Waals surface area contributed by atoms with Crippen LogP contribution < -0.4 is 10.1 Å². The smallest absolute Gasteiger partial charge is 0.409 e. The van der Waals surface area contributed by atoms with Gasteiger partial charge in [-0.1, -0.05) is 12.1 Å². The number of piperazine rings is 1. The van der Waals surface area contributed by atoms with Crippen LogP contribution >= 0.6 is 0 Å². The van der Waals surface area contributed by atoms with Crippen molar-refractivity contribution < 1.29 is 23.9 Å². The van der Waals surface area contributed by atoms with E-state index in [4.69, 9.17) is 9.47 Å². The van der Waals surface area contributed by atoms with E-state index in [1.165, 1.54) is 0 Å². The predicted octanol–water partition coefficient (Wildman–Crippen LogP) is 2.24. The fourth-order valence-corrected chi connectivity index (χ4v) is 5.82. The number of benzene rings is 1. The van der Waals surface area contributed by atoms with Gasteiger partial charge in [-0.2, -0.15) is 0 Å². The van der Waals surface area contributed by atoms with E-state index in [0.29, 0.717) is 50.5 Å². The summed E-state index contributed by atoms with van der Waals surface area (Å²) in [6, 6.07) is 7.35. The molecule has 3 aliphatic carbocycles. The number of nitrogens with one attached hydrogen (secondary N) is 1. The van der Waals surface area contributed by atoms with Gasteiger partial charge in [0, 0.05) is 44.4 Å². The van der Waals surface area contributed by atoms with Gasteiger partial charge in [-0.05, 0) is 44.2 Å². The minimum atomic E-state index is -0.701. The summed E-state index contributed by atoms with van der Waals surface area (Å²) in [4.78, 5) is 41.5. The van der Waals surface area contributed by atoms with E-state index in [9.17, 15) is 14.4 Å². The molecule has 2 bridgehead atoms. The third-order valence-corrected chi connectivity index (χ3v) is 7.40. The Morgan fingerprint density at radius 2 is 1.90 bits per heavy atom. The van der Waals surface area contributed by atoms with Gasteiger partial charge in [0.2, 0.25) is 5.91 Å². The zero-order valence-corrected chi connectivity index (χ0v) is 17.8. The highest BCUT2D eigenvalue weighted by molar-refractivity contribution is 5.98. The molecule has 4 atom stereocenters. The third-order valence-electron chi connectivity index (χ3n) is 7.40. The summed E-state index contributed by atoms with van der Waals surface area (Å²) >= 11 is 0. The molecule has 31 heavy (non-hydrogen) atoms. The molecule has 1 aromatic rings. The number of amides is 3. The first-order valence-corrected chi connectivity index (χ1v) is 11.3. The number of fused-ring (bicyclic) bond motifs is 3. The molecule has 4 fully saturated rings. The Bertz CT molecular complexity index is 897. The van der Waals surface area contributed by atoms with E-state index in [-0.39, 0.29) is 35.7 Å². The molecule has 0 aromatic heterocycles. The molecule has 8 heteroatoms. The maximum absolute atomic E-state index is 13.3. The molecule has 1 spiro atoms. The van der Waals surface area contributed by atoms with Crippen LogP contribution in [0.5, 0.6) is 5.75 Å². The van der Waals surface area contributed by atoms with Crippen molar-refractivity contribution in [2.24, 2.45) is 17.8 Å². The van der Waals surface area contributed by atoms with Gasteiger partial charge in [0.15, 0.2) is 5.72 Å². The van der Waals surface area contributed by atoms with E-state index >= 15 is 0 Å². The molecule has 0 radical (unpaired) electrons. The Morgan fingerprint density at radius 1 is 1.16 bits per heavy atom. The first kappa shape index (κ1) is 20.2. The monoisotopic (exact) mass is 427 g/mol. The Hall–Kier alpha value is -2.77. The molecule has 3 amide bonds. The van der Waals surface area contributed by atoms with Crippen LogP contribution in [-0.2, 0) is 9.53 Å². The average molecular weight is 428 g/mol. The van der Waals surface area contributed by atoms with Crippen LogP contribution in [0.3, 0.4) is 0 Å². The second-order valence-corrected chi connectivity index (χ2v) is 9.03. The van der Waals surface area contributed by atoms with Crippen LogP contribution in [0.2, 0.25) is 0 Å². The number of rotatable bonds is 2. The maximum atomic E-state index is 13.3. The molecule has 1 aromatic carbocycles. The van der Waals surface area contributed by atoms with E-state index < -0.39 is 5.72 Å². The fourth-order valence-electron chi connectivity index (χ4n) is 5.82. The molecule has 2 aliphatic heterocycles. The quantitative estimate of drug-likeness (QED) is 0.782. The first-order chi connectivity index (χ1) is 15.0. The number of hydrogen-bond donors (Lipinski definition) is 1. The summed E-state index contributed by atoms with van der Waals surface area (Å²) < 4.78 is 11.5. The molecule has 3 saturated carbocycles. The standard InChI is InChI=1S/C23H29N3O5/c1-2-30-22(29)26-11-9-25(10-12-26)21(28)18-13-16-8-7-15(18)14-23(16)24-20(27)17-5-3-4-6-19(17)31-23/h3-6,15-16,18H,2,7-14H2,1H3,(H,24,27)/t15-,16+,18-,23-/m0/s1. The largest absolute Gasteiger partial charge is 0.467 e. The molecule has 5 aliphatic rings. The molecular weight excluding hydrogens is 398 g/mol. The number of para-hydroxylation sites is 1. The van der Waals surface area contributed by atoms with Crippen LogP contribution in [0.1, 0.15) is 43.0 Å². The molecule has 6 rings (SSSR count). The second kappa shape index (κ2) is 7.73. The van der Waals surface area contributed by atoms with Crippen LogP contribution in [0.15, 0.2) is 24.3 Å². The van der Waals surface area contributed by atoms with E-state index in [0.717, 1.165) is 19.3 Å². The third kappa shape index (κ3) is 3.42. The lowest BCUT2D eigenvalue weighted by atomic mass is 9.59. The van der Waals surface area contributed by atoms with E-state index in [1.807, 2.05) is 23.1 Å². The normalized spacial score (nSPS) is 31.6. The Labute approximate surface area is 181 Å². The van der Waals surface area contributed by atoms with E-state index in [1.54, 1.807) is 17.9 Å². The van der Waals surface area contributed by atoms with Gasteiger partial charge in [-0.15, -0.1) is 0 Å². The Kier molecular flexibility index (Phi) is 5.02. The van der Waals surface area contributed by atoms with Crippen molar-refractivity contribution in [1.29, 1.82) is 0 Å². The fraction of sp³-hybridized carbons (Fsp3) is 0.609. The van der Waals surface area contributed by atoms with Crippen LogP contribution in [0, 0.1) is 17.8 Å². The highest BCUT2D eigenvalue weighted by Crippen LogP contribution is 2.52. The van der Waals surface area contributed by atoms with Gasteiger partial charge in [0.05, 0.1) is 12.2 Å². The van der Waals surface area contributed by atoms with Crippen LogP contribution in [0.25, 0.3) is 0 Å².